The summed E-state index contributed by atoms with van der Waals surface area (Å²) in [6.07, 6.45) is 4.21. The number of benzene rings is 4. The van der Waals surface area contributed by atoms with Gasteiger partial charge in [-0.25, -0.2) is 0 Å². The largest absolute Gasteiger partial charge is 0.364 e. The summed E-state index contributed by atoms with van der Waals surface area (Å²) in [5.41, 5.74) is 16.8. The molecule has 0 bridgehead atoms. The second-order valence-corrected chi connectivity index (χ2v) is 13.8. The molecule has 0 N–H and O–H groups in total. The van der Waals surface area contributed by atoms with Crippen LogP contribution in [0.25, 0.3) is 22.4 Å². The van der Waals surface area contributed by atoms with E-state index < -0.39 is 0 Å². The SMILES string of the molecule is Cc1cc(-c2cccc(CN(c3ccc(Cl)cc3)C3CCN(Cc4ccnc(-c5cc(C)c(C)c(C)c5)c4)CC3)c2)cc(C)c1C.Cl.Cl. The van der Waals surface area contributed by atoms with Crippen LogP contribution >= 0.6 is 36.4 Å². The minimum absolute atomic E-state index is 0. The molecule has 5 aromatic rings. The maximum absolute atomic E-state index is 6.33. The van der Waals surface area contributed by atoms with Crippen molar-refractivity contribution in [1.29, 1.82) is 0 Å². The molecule has 1 fully saturated rings. The van der Waals surface area contributed by atoms with E-state index in [2.05, 4.69) is 124 Å². The molecule has 0 spiro atoms. The van der Waals surface area contributed by atoms with Crippen molar-refractivity contribution in [2.45, 2.75) is 73.5 Å². The second kappa shape index (κ2) is 16.4. The Labute approximate surface area is 305 Å². The molecular weight excluding hydrogens is 653 g/mol. The third kappa shape index (κ3) is 8.62. The monoisotopic (exact) mass is 699 g/mol. The number of aromatic nitrogens is 1. The Balaban J connectivity index is 0.00000260. The molecule has 6 heteroatoms. The summed E-state index contributed by atoms with van der Waals surface area (Å²) < 4.78 is 0. The van der Waals surface area contributed by atoms with E-state index in [-0.39, 0.29) is 24.8 Å². The Morgan fingerprint density at radius 2 is 1.25 bits per heavy atom. The fourth-order valence-corrected chi connectivity index (χ4v) is 7.00. The van der Waals surface area contributed by atoms with Crippen LogP contribution in [0.5, 0.6) is 0 Å². The number of piperidine rings is 1. The third-order valence-electron chi connectivity index (χ3n) is 10.1. The molecule has 252 valence electrons. The van der Waals surface area contributed by atoms with E-state index in [4.69, 9.17) is 16.6 Å². The Bertz CT molecular complexity index is 1800. The van der Waals surface area contributed by atoms with E-state index in [1.165, 1.54) is 66.9 Å². The smallest absolute Gasteiger partial charge is 0.0705 e. The molecule has 2 heterocycles. The van der Waals surface area contributed by atoms with Gasteiger partial charge >= 0.3 is 0 Å². The molecule has 4 aromatic carbocycles. The highest BCUT2D eigenvalue weighted by molar-refractivity contribution is 6.30. The van der Waals surface area contributed by atoms with Crippen molar-refractivity contribution >= 4 is 42.1 Å². The Hall–Kier alpha value is -3.34. The quantitative estimate of drug-likeness (QED) is 0.161. The van der Waals surface area contributed by atoms with Crippen LogP contribution in [0.4, 0.5) is 5.69 Å². The zero-order valence-electron chi connectivity index (χ0n) is 29.0. The maximum atomic E-state index is 6.33. The normalized spacial score (nSPS) is 13.5. The Morgan fingerprint density at radius 1 is 0.667 bits per heavy atom. The first-order valence-corrected chi connectivity index (χ1v) is 17.0. The van der Waals surface area contributed by atoms with Gasteiger partial charge in [-0.15, -0.1) is 24.8 Å². The molecular formula is C42H48Cl3N3. The number of nitrogens with zero attached hydrogens (tertiary/aromatic N) is 3. The van der Waals surface area contributed by atoms with Gasteiger partial charge in [0.25, 0.3) is 0 Å². The van der Waals surface area contributed by atoms with Crippen molar-refractivity contribution in [3.8, 4) is 22.4 Å². The lowest BCUT2D eigenvalue weighted by atomic mass is 9.95. The van der Waals surface area contributed by atoms with E-state index in [1.807, 2.05) is 18.3 Å². The van der Waals surface area contributed by atoms with Gasteiger partial charge in [0.05, 0.1) is 5.69 Å². The average Bonchev–Trinajstić information content (AvgIpc) is 3.06. The number of anilines is 1. The van der Waals surface area contributed by atoms with Crippen molar-refractivity contribution in [3.63, 3.8) is 0 Å². The number of pyridine rings is 1. The third-order valence-corrected chi connectivity index (χ3v) is 10.4. The second-order valence-electron chi connectivity index (χ2n) is 13.3. The molecule has 0 aliphatic carbocycles. The lowest BCUT2D eigenvalue weighted by Gasteiger charge is -2.40. The predicted octanol–water partition coefficient (Wildman–Crippen LogP) is 11.4. The van der Waals surface area contributed by atoms with Crippen molar-refractivity contribution in [2.75, 3.05) is 18.0 Å². The molecule has 0 radical (unpaired) electrons. The van der Waals surface area contributed by atoms with Gasteiger partial charge in [-0.1, -0.05) is 41.9 Å². The number of aryl methyl sites for hydroxylation is 4. The molecule has 48 heavy (non-hydrogen) atoms. The fraction of sp³-hybridized carbons (Fsp3) is 0.310. The predicted molar refractivity (Wildman–Crippen MR) is 210 cm³/mol. The number of halogens is 3. The van der Waals surface area contributed by atoms with Crippen molar-refractivity contribution < 1.29 is 0 Å². The summed E-state index contributed by atoms with van der Waals surface area (Å²) >= 11 is 6.33. The summed E-state index contributed by atoms with van der Waals surface area (Å²) in [6, 6.07) is 31.6. The van der Waals surface area contributed by atoms with Crippen LogP contribution in [0.3, 0.4) is 0 Å². The number of rotatable bonds is 8. The van der Waals surface area contributed by atoms with Gasteiger partial charge in [0.1, 0.15) is 0 Å². The Morgan fingerprint density at radius 3 is 1.85 bits per heavy atom. The van der Waals surface area contributed by atoms with E-state index >= 15 is 0 Å². The standard InChI is InChI=1S/C42H46ClN3.2ClH/c1-28-20-37(21-29(2)32(28)5)36-9-7-8-34(24-36)27-46(40-12-10-39(43)11-13-40)41-15-18-45(19-16-41)26-35-14-17-44-42(25-35)38-22-30(3)33(6)31(4)23-38;;/h7-14,17,20-25,41H,15-16,18-19,26-27H2,1-6H3;2*1H. The lowest BCUT2D eigenvalue weighted by molar-refractivity contribution is 0.201. The molecule has 0 saturated carbocycles. The molecule has 0 atom stereocenters. The van der Waals surface area contributed by atoms with Crippen molar-refractivity contribution in [2.24, 2.45) is 0 Å². The van der Waals surface area contributed by atoms with Crippen LogP contribution in [0.1, 0.15) is 57.3 Å². The highest BCUT2D eigenvalue weighted by atomic mass is 35.5. The van der Waals surface area contributed by atoms with Gasteiger partial charge in [0.2, 0.25) is 0 Å². The number of hydrogen-bond acceptors (Lipinski definition) is 3. The minimum atomic E-state index is 0. The van der Waals surface area contributed by atoms with E-state index in [0.717, 1.165) is 49.7 Å². The summed E-state index contributed by atoms with van der Waals surface area (Å²) in [5.74, 6) is 0. The Kier molecular flexibility index (Phi) is 12.8. The zero-order valence-corrected chi connectivity index (χ0v) is 31.4. The fourth-order valence-electron chi connectivity index (χ4n) is 6.87. The summed E-state index contributed by atoms with van der Waals surface area (Å²) in [7, 11) is 0. The van der Waals surface area contributed by atoms with Gasteiger partial charge in [0, 0.05) is 54.7 Å². The number of likely N-dealkylation sites (tertiary alicyclic amines) is 1. The van der Waals surface area contributed by atoms with Gasteiger partial charge in [-0.2, -0.15) is 0 Å². The minimum Gasteiger partial charge on any atom is -0.364 e. The van der Waals surface area contributed by atoms with E-state index in [9.17, 15) is 0 Å². The van der Waals surface area contributed by atoms with Crippen LogP contribution in [0.15, 0.2) is 91.1 Å². The lowest BCUT2D eigenvalue weighted by Crippen LogP contribution is -2.44. The average molecular weight is 701 g/mol. The van der Waals surface area contributed by atoms with Gasteiger partial charge in [-0.05, 0) is 165 Å². The molecule has 1 aliphatic rings. The van der Waals surface area contributed by atoms with Gasteiger partial charge in [-0.3, -0.25) is 9.88 Å². The summed E-state index contributed by atoms with van der Waals surface area (Å²) in [4.78, 5) is 9.94. The van der Waals surface area contributed by atoms with Gasteiger partial charge < -0.3 is 4.90 Å². The molecule has 1 aromatic heterocycles. The highest BCUT2D eigenvalue weighted by Crippen LogP contribution is 2.31. The van der Waals surface area contributed by atoms with E-state index in [0.29, 0.717) is 6.04 Å². The number of hydrogen-bond donors (Lipinski definition) is 0. The first-order chi connectivity index (χ1) is 22.1. The first-order valence-electron chi connectivity index (χ1n) is 16.6. The van der Waals surface area contributed by atoms with Crippen molar-refractivity contribution in [1.82, 2.24) is 9.88 Å². The molecule has 1 saturated heterocycles. The first kappa shape index (κ1) is 37.5. The molecule has 1 aliphatic heterocycles. The van der Waals surface area contributed by atoms with Crippen LogP contribution in [-0.4, -0.2) is 29.0 Å². The maximum Gasteiger partial charge on any atom is 0.0705 e. The topological polar surface area (TPSA) is 19.4 Å². The van der Waals surface area contributed by atoms with Crippen molar-refractivity contribution in [3.05, 3.63) is 141 Å². The van der Waals surface area contributed by atoms with Crippen LogP contribution < -0.4 is 4.90 Å². The summed E-state index contributed by atoms with van der Waals surface area (Å²) in [6.45, 7) is 17.2. The van der Waals surface area contributed by atoms with Gasteiger partial charge in [0.15, 0.2) is 0 Å². The van der Waals surface area contributed by atoms with Crippen LogP contribution in [-0.2, 0) is 13.1 Å². The van der Waals surface area contributed by atoms with Crippen LogP contribution in [0, 0.1) is 41.5 Å². The molecule has 6 rings (SSSR count). The molecule has 3 nitrogen and oxygen atoms in total. The highest BCUT2D eigenvalue weighted by Gasteiger charge is 2.25. The van der Waals surface area contributed by atoms with Crippen LogP contribution in [0.2, 0.25) is 5.02 Å². The zero-order chi connectivity index (χ0) is 32.4. The molecule has 0 amide bonds. The molecule has 0 unspecified atom stereocenters. The summed E-state index contributed by atoms with van der Waals surface area (Å²) in [5, 5.41) is 0.776. The van der Waals surface area contributed by atoms with E-state index in [1.54, 1.807) is 0 Å².